The van der Waals surface area contributed by atoms with E-state index in [-0.39, 0.29) is 30.4 Å². The first-order valence-corrected chi connectivity index (χ1v) is 7.20. The average molecular weight is 314 g/mol. The maximum Gasteiger partial charge on any atom is 0.310 e. The first-order valence-electron chi connectivity index (χ1n) is 7.20. The molecule has 0 saturated heterocycles. The van der Waals surface area contributed by atoms with Crippen LogP contribution in [0, 0.1) is 24.0 Å². The van der Waals surface area contributed by atoms with E-state index in [1.807, 2.05) is 38.1 Å². The summed E-state index contributed by atoms with van der Waals surface area (Å²) < 4.78 is 5.40. The van der Waals surface area contributed by atoms with Crippen LogP contribution in [0.25, 0.3) is 0 Å². The third kappa shape index (κ3) is 4.81. The number of amides is 1. The summed E-state index contributed by atoms with van der Waals surface area (Å²) in [6, 6.07) is 12.1. The normalized spacial score (nSPS) is 10.2. The Hall–Kier alpha value is -2.89. The van der Waals surface area contributed by atoms with Gasteiger partial charge in [0.2, 0.25) is 5.91 Å². The minimum atomic E-state index is -0.499. The lowest BCUT2D eigenvalue weighted by Gasteiger charge is -2.08. The molecule has 1 amide bonds. The van der Waals surface area contributed by atoms with E-state index >= 15 is 0 Å². The number of carbonyl (C=O) groups excluding carboxylic acids is 1. The average Bonchev–Trinajstić information content (AvgIpc) is 2.49. The van der Waals surface area contributed by atoms with Crippen molar-refractivity contribution in [1.29, 1.82) is 0 Å². The monoisotopic (exact) mass is 314 g/mol. The summed E-state index contributed by atoms with van der Waals surface area (Å²) in [4.78, 5) is 22.3. The molecular weight excluding hydrogens is 296 g/mol. The van der Waals surface area contributed by atoms with Crippen LogP contribution in [0.2, 0.25) is 0 Å². The molecule has 0 bridgehead atoms. The van der Waals surface area contributed by atoms with Gasteiger partial charge in [0.1, 0.15) is 0 Å². The molecule has 0 radical (unpaired) electrons. The molecule has 0 fully saturated rings. The molecule has 120 valence electrons. The number of ether oxygens (including phenoxy) is 1. The quantitative estimate of drug-likeness (QED) is 0.652. The van der Waals surface area contributed by atoms with Gasteiger partial charge in [0.25, 0.3) is 0 Å². The van der Waals surface area contributed by atoms with Gasteiger partial charge in [-0.25, -0.2) is 0 Å². The van der Waals surface area contributed by atoms with Crippen LogP contribution < -0.4 is 10.1 Å². The van der Waals surface area contributed by atoms with Crippen molar-refractivity contribution in [2.45, 2.75) is 20.3 Å². The lowest BCUT2D eigenvalue weighted by Crippen LogP contribution is -2.15. The van der Waals surface area contributed by atoms with E-state index in [0.717, 1.165) is 11.1 Å². The largest absolute Gasteiger partial charge is 0.486 e. The van der Waals surface area contributed by atoms with Gasteiger partial charge in [0, 0.05) is 11.8 Å². The Kier molecular flexibility index (Phi) is 5.30. The van der Waals surface area contributed by atoms with Gasteiger partial charge in [-0.1, -0.05) is 23.8 Å². The fourth-order valence-electron chi connectivity index (χ4n) is 2.00. The predicted octanol–water partition coefficient (Wildman–Crippen LogP) is 3.62. The predicted molar refractivity (Wildman–Crippen MR) is 87.8 cm³/mol. The zero-order valence-corrected chi connectivity index (χ0v) is 13.0. The molecule has 0 unspecified atom stereocenters. The van der Waals surface area contributed by atoms with E-state index in [9.17, 15) is 14.9 Å². The molecule has 0 aromatic heterocycles. The number of anilines is 1. The van der Waals surface area contributed by atoms with Crippen molar-refractivity contribution in [3.8, 4) is 5.75 Å². The number of nitro benzene ring substituents is 1. The number of benzene rings is 2. The van der Waals surface area contributed by atoms with Crippen molar-refractivity contribution in [3.05, 3.63) is 63.7 Å². The fraction of sp³-hybridized carbons (Fsp3) is 0.235. The van der Waals surface area contributed by atoms with Gasteiger partial charge < -0.3 is 10.1 Å². The first-order chi connectivity index (χ1) is 11.0. The van der Waals surface area contributed by atoms with Gasteiger partial charge in [0.05, 0.1) is 18.0 Å². The van der Waals surface area contributed by atoms with Crippen molar-refractivity contribution in [2.75, 3.05) is 11.9 Å². The molecule has 1 N–H and O–H groups in total. The van der Waals surface area contributed by atoms with Crippen LogP contribution in [0.4, 0.5) is 11.4 Å². The van der Waals surface area contributed by atoms with Crippen molar-refractivity contribution in [2.24, 2.45) is 0 Å². The second kappa shape index (κ2) is 7.40. The van der Waals surface area contributed by atoms with Crippen LogP contribution in [0.15, 0.2) is 42.5 Å². The van der Waals surface area contributed by atoms with Gasteiger partial charge in [-0.3, -0.25) is 14.9 Å². The zero-order valence-electron chi connectivity index (χ0n) is 13.0. The topological polar surface area (TPSA) is 81.5 Å². The number of nitrogens with zero attached hydrogens (tertiary/aromatic N) is 1. The van der Waals surface area contributed by atoms with Crippen molar-refractivity contribution < 1.29 is 14.5 Å². The maximum atomic E-state index is 11.8. The third-order valence-corrected chi connectivity index (χ3v) is 3.23. The maximum absolute atomic E-state index is 11.8. The number of nitro groups is 1. The van der Waals surface area contributed by atoms with Gasteiger partial charge >= 0.3 is 5.69 Å². The molecule has 23 heavy (non-hydrogen) atoms. The van der Waals surface area contributed by atoms with Gasteiger partial charge in [-0.05, 0) is 37.6 Å². The molecule has 0 aliphatic rings. The Morgan fingerprint density at radius 2 is 1.78 bits per heavy atom. The van der Waals surface area contributed by atoms with Gasteiger partial charge in [-0.15, -0.1) is 0 Å². The van der Waals surface area contributed by atoms with Crippen LogP contribution in [0.5, 0.6) is 5.75 Å². The minimum Gasteiger partial charge on any atom is -0.486 e. The second-order valence-electron chi connectivity index (χ2n) is 5.24. The van der Waals surface area contributed by atoms with Crippen LogP contribution in [0.1, 0.15) is 17.5 Å². The van der Waals surface area contributed by atoms with Crippen LogP contribution in [0.3, 0.4) is 0 Å². The molecule has 0 saturated carbocycles. The molecule has 0 atom stereocenters. The number of nitrogens with one attached hydrogen (secondary N) is 1. The van der Waals surface area contributed by atoms with Crippen LogP contribution >= 0.6 is 0 Å². The van der Waals surface area contributed by atoms with Crippen molar-refractivity contribution in [3.63, 3.8) is 0 Å². The number of carbonyl (C=O) groups is 1. The molecule has 2 rings (SSSR count). The fourth-order valence-corrected chi connectivity index (χ4v) is 2.00. The summed E-state index contributed by atoms with van der Waals surface area (Å²) in [6.45, 7) is 3.86. The second-order valence-corrected chi connectivity index (χ2v) is 5.24. The summed E-state index contributed by atoms with van der Waals surface area (Å²) in [6.07, 6.45) is 0.110. The summed E-state index contributed by atoms with van der Waals surface area (Å²) in [7, 11) is 0. The molecule has 6 nitrogen and oxygen atoms in total. The smallest absolute Gasteiger partial charge is 0.310 e. The number of aryl methyl sites for hydroxylation is 2. The highest BCUT2D eigenvalue weighted by atomic mass is 16.6. The molecule has 2 aromatic carbocycles. The Balaban J connectivity index is 1.89. The van der Waals surface area contributed by atoms with Gasteiger partial charge in [0.15, 0.2) is 5.75 Å². The summed E-state index contributed by atoms with van der Waals surface area (Å²) in [5.41, 5.74) is 2.57. The van der Waals surface area contributed by atoms with E-state index in [1.54, 1.807) is 12.1 Å². The van der Waals surface area contributed by atoms with Crippen molar-refractivity contribution >= 4 is 17.3 Å². The van der Waals surface area contributed by atoms with E-state index in [2.05, 4.69) is 5.32 Å². The molecule has 0 heterocycles. The van der Waals surface area contributed by atoms with E-state index in [4.69, 9.17) is 4.74 Å². The number of rotatable bonds is 6. The molecular formula is C17H18N2O4. The molecule has 2 aromatic rings. The minimum absolute atomic E-state index is 0.0714. The number of hydrogen-bond donors (Lipinski definition) is 1. The number of hydrogen-bond acceptors (Lipinski definition) is 4. The Bertz CT molecular complexity index is 711. The SMILES string of the molecule is Cc1ccc(NC(=O)CCOc2cc(C)ccc2[N+](=O)[O-])cc1. The molecule has 6 heteroatoms. The summed E-state index contributed by atoms with van der Waals surface area (Å²) >= 11 is 0. The van der Waals surface area contributed by atoms with Crippen molar-refractivity contribution in [1.82, 2.24) is 0 Å². The molecule has 0 aliphatic heterocycles. The first kappa shape index (κ1) is 16.5. The zero-order chi connectivity index (χ0) is 16.8. The van der Waals surface area contributed by atoms with Crippen LogP contribution in [-0.4, -0.2) is 17.4 Å². The highest BCUT2D eigenvalue weighted by molar-refractivity contribution is 5.90. The highest BCUT2D eigenvalue weighted by Crippen LogP contribution is 2.27. The summed E-state index contributed by atoms with van der Waals surface area (Å²) in [5, 5.41) is 13.7. The van der Waals surface area contributed by atoms with E-state index in [0.29, 0.717) is 5.69 Å². The Labute approximate surface area is 134 Å². The lowest BCUT2D eigenvalue weighted by atomic mass is 10.2. The summed E-state index contributed by atoms with van der Waals surface area (Å²) in [5.74, 6) is -0.0257. The molecule has 0 aliphatic carbocycles. The Morgan fingerprint density at radius 3 is 2.43 bits per heavy atom. The molecule has 0 spiro atoms. The Morgan fingerprint density at radius 1 is 1.13 bits per heavy atom. The van der Waals surface area contributed by atoms with E-state index < -0.39 is 4.92 Å². The lowest BCUT2D eigenvalue weighted by molar-refractivity contribution is -0.385. The highest BCUT2D eigenvalue weighted by Gasteiger charge is 2.15. The van der Waals surface area contributed by atoms with E-state index in [1.165, 1.54) is 6.07 Å². The van der Waals surface area contributed by atoms with Crippen LogP contribution in [-0.2, 0) is 4.79 Å². The van der Waals surface area contributed by atoms with Gasteiger partial charge in [-0.2, -0.15) is 0 Å². The third-order valence-electron chi connectivity index (χ3n) is 3.23. The standard InChI is InChI=1S/C17H18N2O4/c1-12-3-6-14(7-4-12)18-17(20)9-10-23-16-11-13(2)5-8-15(16)19(21)22/h3-8,11H,9-10H2,1-2H3,(H,18,20).